The number of carbonyl (C=O) groups excluding carboxylic acids is 1. The van der Waals surface area contributed by atoms with E-state index >= 15 is 0 Å². The van der Waals surface area contributed by atoms with E-state index in [1.54, 1.807) is 43.3 Å². The topological polar surface area (TPSA) is 112 Å². The first-order valence-electron chi connectivity index (χ1n) is 14.3. The maximum Gasteiger partial charge on any atom is 0.475 e. The number of aryl methyl sites for hydroxylation is 1. The zero-order valence-corrected chi connectivity index (χ0v) is 25.4. The van der Waals surface area contributed by atoms with Gasteiger partial charge in [0.25, 0.3) is 6.29 Å². The van der Waals surface area contributed by atoms with Crippen LogP contribution in [-0.2, 0) is 36.2 Å². The molecule has 224 valence electrons. The Balaban J connectivity index is 1.91. The van der Waals surface area contributed by atoms with Gasteiger partial charge >= 0.3 is 13.8 Å². The Morgan fingerprint density at radius 3 is 2.54 bits per heavy atom. The van der Waals surface area contributed by atoms with E-state index in [1.165, 1.54) is 5.57 Å². The fourth-order valence-corrected chi connectivity index (χ4v) is 5.81. The van der Waals surface area contributed by atoms with Crippen LogP contribution in [0.1, 0.15) is 82.4 Å². The molecule has 0 spiro atoms. The van der Waals surface area contributed by atoms with Crippen molar-refractivity contribution < 1.29 is 37.9 Å². The van der Waals surface area contributed by atoms with Crippen LogP contribution in [0, 0.1) is 5.92 Å². The molecule has 2 N–H and O–H groups in total. The molecule has 9 heteroatoms. The Labute approximate surface area is 243 Å². The van der Waals surface area contributed by atoms with E-state index in [2.05, 4.69) is 19.6 Å². The van der Waals surface area contributed by atoms with Crippen molar-refractivity contribution in [3.63, 3.8) is 0 Å². The average Bonchev–Trinajstić information content (AvgIpc) is 2.92. The number of aromatic hydroxyl groups is 1. The Morgan fingerprint density at radius 2 is 1.88 bits per heavy atom. The van der Waals surface area contributed by atoms with Crippen molar-refractivity contribution in [3.05, 3.63) is 83.0 Å². The Hall–Kier alpha value is -2.74. The van der Waals surface area contributed by atoms with Gasteiger partial charge in [-0.05, 0) is 75.6 Å². The number of esters is 1. The minimum Gasteiger partial charge on any atom is -0.507 e. The van der Waals surface area contributed by atoms with E-state index in [4.69, 9.17) is 18.5 Å². The predicted molar refractivity (Wildman–Crippen MR) is 159 cm³/mol. The van der Waals surface area contributed by atoms with Crippen LogP contribution < -0.4 is 4.74 Å². The highest BCUT2D eigenvalue weighted by atomic mass is 31.2. The van der Waals surface area contributed by atoms with Gasteiger partial charge in [0, 0.05) is 18.1 Å². The summed E-state index contributed by atoms with van der Waals surface area (Å²) in [6, 6.07) is 12.3. The number of hydrogen-bond donors (Lipinski definition) is 2. The third kappa shape index (κ3) is 9.66. The van der Waals surface area contributed by atoms with E-state index in [0.717, 1.165) is 43.2 Å². The van der Waals surface area contributed by atoms with Crippen molar-refractivity contribution in [2.75, 3.05) is 6.61 Å². The molecule has 0 radical (unpaired) electrons. The molecule has 0 saturated carbocycles. The summed E-state index contributed by atoms with van der Waals surface area (Å²) in [6.45, 7) is 11.7. The number of benzene rings is 2. The Morgan fingerprint density at radius 1 is 1.15 bits per heavy atom. The lowest BCUT2D eigenvalue weighted by Gasteiger charge is -2.32. The van der Waals surface area contributed by atoms with Gasteiger partial charge in [0.1, 0.15) is 11.5 Å². The summed E-state index contributed by atoms with van der Waals surface area (Å²) >= 11 is 0. The summed E-state index contributed by atoms with van der Waals surface area (Å²) in [7, 11) is -4.71. The quantitative estimate of drug-likeness (QED) is 0.0544. The summed E-state index contributed by atoms with van der Waals surface area (Å²) in [6.07, 6.45) is 5.69. The minimum absolute atomic E-state index is 0.00983. The second kappa shape index (κ2) is 15.5. The van der Waals surface area contributed by atoms with E-state index in [-0.39, 0.29) is 36.5 Å². The number of phosphoric acid groups is 1. The molecule has 0 heterocycles. The molecule has 2 aromatic carbocycles. The van der Waals surface area contributed by atoms with Crippen molar-refractivity contribution >= 4 is 13.8 Å². The van der Waals surface area contributed by atoms with Gasteiger partial charge in [0.15, 0.2) is 0 Å². The van der Waals surface area contributed by atoms with Crippen molar-refractivity contribution in [1.82, 2.24) is 0 Å². The standard InChI is InChI=1S/C32H43O8P/c1-6-8-10-15-25-19-28(33)30(27-18-23(5)16-17-26(27)22(3)4)29(20-25)39-31(34)32(37-7-2)40-41(35,36)38-21-24-13-11-9-12-14-24/h9,11-14,18-20,26-27,32-33H,3,6-8,10,15-17,21H2,1-2,4-5H3,(H,35,36)/t26-,27+,32?/m0/s1. The highest BCUT2D eigenvalue weighted by molar-refractivity contribution is 7.47. The van der Waals surface area contributed by atoms with Crippen LogP contribution in [0.5, 0.6) is 11.5 Å². The summed E-state index contributed by atoms with van der Waals surface area (Å²) in [5.41, 5.74) is 4.08. The highest BCUT2D eigenvalue weighted by Gasteiger charge is 2.36. The number of phenols is 1. The molecule has 0 bridgehead atoms. The van der Waals surface area contributed by atoms with Gasteiger partial charge in [0.05, 0.1) is 6.61 Å². The van der Waals surface area contributed by atoms with Gasteiger partial charge < -0.3 is 19.5 Å². The van der Waals surface area contributed by atoms with Gasteiger partial charge in [-0.1, -0.05) is 73.9 Å². The van der Waals surface area contributed by atoms with Crippen LogP contribution in [-0.4, -0.2) is 28.9 Å². The van der Waals surface area contributed by atoms with Gasteiger partial charge in [-0.15, -0.1) is 0 Å². The number of rotatable bonds is 15. The Kier molecular flexibility index (Phi) is 12.4. The number of phosphoric ester groups is 1. The maximum absolute atomic E-state index is 13.4. The molecule has 2 aromatic rings. The smallest absolute Gasteiger partial charge is 0.475 e. The average molecular weight is 587 g/mol. The molecule has 1 aliphatic rings. The van der Waals surface area contributed by atoms with Crippen LogP contribution in [0.2, 0.25) is 0 Å². The van der Waals surface area contributed by atoms with Crippen LogP contribution in [0.3, 0.4) is 0 Å². The predicted octanol–water partition coefficient (Wildman–Crippen LogP) is 7.74. The first kappa shape index (κ1) is 32.8. The summed E-state index contributed by atoms with van der Waals surface area (Å²) in [5.74, 6) is -1.07. The monoisotopic (exact) mass is 586 g/mol. The Bertz CT molecular complexity index is 1260. The minimum atomic E-state index is -4.71. The van der Waals surface area contributed by atoms with E-state index in [0.29, 0.717) is 17.5 Å². The molecule has 1 aliphatic carbocycles. The van der Waals surface area contributed by atoms with Gasteiger partial charge in [-0.2, -0.15) is 0 Å². The lowest BCUT2D eigenvalue weighted by Crippen LogP contribution is -2.31. The zero-order chi connectivity index (χ0) is 30.0. The summed E-state index contributed by atoms with van der Waals surface area (Å²) in [4.78, 5) is 23.7. The molecule has 2 unspecified atom stereocenters. The largest absolute Gasteiger partial charge is 0.507 e. The molecule has 0 amide bonds. The number of hydrogen-bond acceptors (Lipinski definition) is 7. The third-order valence-electron chi connectivity index (χ3n) is 7.15. The molecular weight excluding hydrogens is 543 g/mol. The molecule has 0 aromatic heterocycles. The number of allylic oxidation sites excluding steroid dienone is 3. The molecular formula is C32H43O8P. The molecule has 3 rings (SSSR count). The maximum atomic E-state index is 13.4. The second-order valence-electron chi connectivity index (χ2n) is 10.6. The SMILES string of the molecule is C=C(C)[C@@H]1CCC(C)=C[C@H]1c1c(O)cc(CCCCC)cc1OC(=O)C(OCC)OP(=O)(O)OCc1ccccc1. The van der Waals surface area contributed by atoms with Crippen LogP contribution in [0.25, 0.3) is 0 Å². The first-order valence-corrected chi connectivity index (χ1v) is 15.8. The fourth-order valence-electron chi connectivity index (χ4n) is 5.05. The first-order chi connectivity index (χ1) is 19.5. The normalized spacial score (nSPS) is 19.2. The number of ether oxygens (including phenoxy) is 2. The van der Waals surface area contributed by atoms with Crippen molar-refractivity contribution in [3.8, 4) is 11.5 Å². The fraction of sp³-hybridized carbons (Fsp3) is 0.469. The third-order valence-corrected chi connectivity index (χ3v) is 8.06. The van der Waals surface area contributed by atoms with Gasteiger partial charge in [-0.25, -0.2) is 13.9 Å². The van der Waals surface area contributed by atoms with Crippen LogP contribution >= 0.6 is 7.82 Å². The highest BCUT2D eigenvalue weighted by Crippen LogP contribution is 2.48. The second-order valence-corrected chi connectivity index (χ2v) is 12.0. The van der Waals surface area contributed by atoms with Crippen molar-refractivity contribution in [2.45, 2.75) is 85.0 Å². The molecule has 0 saturated heterocycles. The van der Waals surface area contributed by atoms with Gasteiger partial charge in [-0.3, -0.25) is 4.52 Å². The van der Waals surface area contributed by atoms with Crippen LogP contribution in [0.15, 0.2) is 66.3 Å². The van der Waals surface area contributed by atoms with Crippen molar-refractivity contribution in [1.29, 1.82) is 0 Å². The summed E-state index contributed by atoms with van der Waals surface area (Å²) in [5, 5.41) is 11.3. The van der Waals surface area contributed by atoms with E-state index < -0.39 is 20.1 Å². The molecule has 0 fully saturated rings. The van der Waals surface area contributed by atoms with Crippen LogP contribution in [0.4, 0.5) is 0 Å². The number of unbranched alkanes of at least 4 members (excludes halogenated alkanes) is 2. The molecule has 4 atom stereocenters. The van der Waals surface area contributed by atoms with E-state index in [9.17, 15) is 19.4 Å². The molecule has 8 nitrogen and oxygen atoms in total. The lowest BCUT2D eigenvalue weighted by molar-refractivity contribution is -0.170. The zero-order valence-electron chi connectivity index (χ0n) is 24.5. The van der Waals surface area contributed by atoms with Gasteiger partial charge in [0.2, 0.25) is 0 Å². The summed E-state index contributed by atoms with van der Waals surface area (Å²) < 4.78 is 34.1. The molecule has 41 heavy (non-hydrogen) atoms. The molecule has 0 aliphatic heterocycles. The number of carbonyl (C=O) groups is 1. The van der Waals surface area contributed by atoms with Crippen molar-refractivity contribution in [2.24, 2.45) is 5.92 Å². The van der Waals surface area contributed by atoms with E-state index in [1.807, 2.05) is 19.9 Å². The number of phenolic OH excluding ortho intramolecular Hbond substituents is 1. The lowest BCUT2D eigenvalue weighted by atomic mass is 9.73.